The van der Waals surface area contributed by atoms with E-state index in [0.29, 0.717) is 5.92 Å². The third-order valence-electron chi connectivity index (χ3n) is 2.69. The molecule has 1 aliphatic rings. The summed E-state index contributed by atoms with van der Waals surface area (Å²) in [6.07, 6.45) is -0.0845. The van der Waals surface area contributed by atoms with Gasteiger partial charge in [0.25, 0.3) is 0 Å². The Balaban J connectivity index is 2.50. The van der Waals surface area contributed by atoms with E-state index in [9.17, 15) is 4.79 Å². The molecule has 14 heavy (non-hydrogen) atoms. The van der Waals surface area contributed by atoms with Crippen molar-refractivity contribution in [3.05, 3.63) is 34.9 Å². The lowest BCUT2D eigenvalue weighted by Gasteiger charge is -2.06. The number of benzene rings is 1. The number of carbonyl (C=O) groups excluding carboxylic acids is 1. The summed E-state index contributed by atoms with van der Waals surface area (Å²) in [6.45, 7) is 6.13. The van der Waals surface area contributed by atoms with E-state index >= 15 is 0 Å². The van der Waals surface area contributed by atoms with E-state index in [-0.39, 0.29) is 12.1 Å². The van der Waals surface area contributed by atoms with E-state index in [1.54, 1.807) is 0 Å². The molecule has 1 heterocycles. The van der Waals surface area contributed by atoms with Gasteiger partial charge in [-0.25, -0.2) is 4.79 Å². The highest BCUT2D eigenvalue weighted by atomic mass is 16.5. The van der Waals surface area contributed by atoms with Gasteiger partial charge in [-0.05, 0) is 24.5 Å². The number of carbonyl (C=O) groups is 1. The van der Waals surface area contributed by atoms with Gasteiger partial charge in [-0.1, -0.05) is 26.0 Å². The fourth-order valence-corrected chi connectivity index (χ4v) is 1.75. The van der Waals surface area contributed by atoms with Crippen molar-refractivity contribution in [1.29, 1.82) is 0 Å². The summed E-state index contributed by atoms with van der Waals surface area (Å²) in [5.74, 6) is 0.263. The lowest BCUT2D eigenvalue weighted by molar-refractivity contribution is 0.0422. The molecule has 2 rings (SSSR count). The first-order chi connectivity index (χ1) is 6.59. The zero-order valence-electron chi connectivity index (χ0n) is 8.70. The molecule has 0 radical (unpaired) electrons. The van der Waals surface area contributed by atoms with E-state index in [1.165, 1.54) is 5.56 Å². The minimum absolute atomic E-state index is 0.0845. The minimum atomic E-state index is -0.185. The normalized spacial score (nSPS) is 19.7. The van der Waals surface area contributed by atoms with Crippen LogP contribution >= 0.6 is 0 Å². The fraction of sp³-hybridized carbons (Fsp3) is 0.417. The largest absolute Gasteiger partial charge is 0.454 e. The lowest BCUT2D eigenvalue weighted by Crippen LogP contribution is -1.96. The minimum Gasteiger partial charge on any atom is -0.454 e. The standard InChI is InChI=1S/C12H14O2/c1-7(2)9-4-5-10-8(3)14-12(13)11(10)6-9/h4-8H,1-3H3. The van der Waals surface area contributed by atoms with Crippen LogP contribution in [-0.2, 0) is 4.74 Å². The first kappa shape index (κ1) is 9.25. The molecule has 1 atom stereocenters. The average molecular weight is 190 g/mol. The highest BCUT2D eigenvalue weighted by Gasteiger charge is 2.27. The maximum absolute atomic E-state index is 11.4. The van der Waals surface area contributed by atoms with Gasteiger partial charge < -0.3 is 4.74 Å². The molecular weight excluding hydrogens is 176 g/mol. The Kier molecular flexibility index (Phi) is 2.06. The third kappa shape index (κ3) is 1.31. The summed E-state index contributed by atoms with van der Waals surface area (Å²) in [5.41, 5.74) is 2.94. The van der Waals surface area contributed by atoms with Crippen LogP contribution in [0.15, 0.2) is 18.2 Å². The van der Waals surface area contributed by atoms with Crippen molar-refractivity contribution in [2.24, 2.45) is 0 Å². The first-order valence-electron chi connectivity index (χ1n) is 4.94. The maximum atomic E-state index is 11.4. The Hall–Kier alpha value is -1.31. The summed E-state index contributed by atoms with van der Waals surface area (Å²) >= 11 is 0. The lowest BCUT2D eigenvalue weighted by atomic mass is 9.97. The molecule has 74 valence electrons. The van der Waals surface area contributed by atoms with E-state index < -0.39 is 0 Å². The molecule has 1 aliphatic heterocycles. The molecule has 2 heteroatoms. The monoisotopic (exact) mass is 190 g/mol. The second-order valence-corrected chi connectivity index (χ2v) is 4.05. The molecule has 0 N–H and O–H groups in total. The van der Waals surface area contributed by atoms with Crippen molar-refractivity contribution >= 4 is 5.97 Å². The zero-order chi connectivity index (χ0) is 10.3. The van der Waals surface area contributed by atoms with Crippen LogP contribution in [0, 0.1) is 0 Å². The van der Waals surface area contributed by atoms with Crippen LogP contribution in [0.2, 0.25) is 0 Å². The number of hydrogen-bond donors (Lipinski definition) is 0. The molecule has 0 aromatic heterocycles. The second kappa shape index (κ2) is 3.12. The predicted molar refractivity (Wildman–Crippen MR) is 54.4 cm³/mol. The van der Waals surface area contributed by atoms with Gasteiger partial charge in [0.15, 0.2) is 0 Å². The number of rotatable bonds is 1. The van der Waals surface area contributed by atoms with Crippen LogP contribution in [0.1, 0.15) is 54.3 Å². The van der Waals surface area contributed by atoms with Crippen LogP contribution in [0.5, 0.6) is 0 Å². The molecule has 0 aliphatic carbocycles. The Bertz CT molecular complexity index is 380. The van der Waals surface area contributed by atoms with E-state index in [0.717, 1.165) is 11.1 Å². The molecule has 1 aromatic rings. The van der Waals surface area contributed by atoms with Crippen LogP contribution in [0.4, 0.5) is 0 Å². The summed E-state index contributed by atoms with van der Waals surface area (Å²) in [7, 11) is 0. The number of cyclic esters (lactones) is 1. The number of ether oxygens (including phenoxy) is 1. The Morgan fingerprint density at radius 3 is 2.71 bits per heavy atom. The van der Waals surface area contributed by atoms with E-state index in [1.807, 2.05) is 19.1 Å². The fourth-order valence-electron chi connectivity index (χ4n) is 1.75. The molecule has 0 bridgehead atoms. The summed E-state index contributed by atoms with van der Waals surface area (Å²) in [4.78, 5) is 11.4. The zero-order valence-corrected chi connectivity index (χ0v) is 8.70. The van der Waals surface area contributed by atoms with Crippen molar-refractivity contribution in [1.82, 2.24) is 0 Å². The van der Waals surface area contributed by atoms with Crippen LogP contribution in [-0.4, -0.2) is 5.97 Å². The van der Waals surface area contributed by atoms with Gasteiger partial charge in [-0.3, -0.25) is 0 Å². The smallest absolute Gasteiger partial charge is 0.339 e. The Labute approximate surface area is 83.9 Å². The topological polar surface area (TPSA) is 26.3 Å². The van der Waals surface area contributed by atoms with Crippen molar-refractivity contribution < 1.29 is 9.53 Å². The maximum Gasteiger partial charge on any atom is 0.339 e. The summed E-state index contributed by atoms with van der Waals surface area (Å²) in [5, 5.41) is 0. The molecule has 0 spiro atoms. The number of hydrogen-bond acceptors (Lipinski definition) is 2. The van der Waals surface area contributed by atoms with E-state index in [4.69, 9.17) is 4.74 Å². The Morgan fingerprint density at radius 1 is 1.36 bits per heavy atom. The highest BCUT2D eigenvalue weighted by Crippen LogP contribution is 2.31. The molecule has 2 nitrogen and oxygen atoms in total. The van der Waals surface area contributed by atoms with Gasteiger partial charge in [0.05, 0.1) is 5.56 Å². The molecule has 0 amide bonds. The first-order valence-corrected chi connectivity index (χ1v) is 4.94. The predicted octanol–water partition coefficient (Wildman–Crippen LogP) is 3.04. The summed E-state index contributed by atoms with van der Waals surface area (Å²) in [6, 6.07) is 6.02. The van der Waals surface area contributed by atoms with Crippen molar-refractivity contribution in [3.63, 3.8) is 0 Å². The van der Waals surface area contributed by atoms with Crippen molar-refractivity contribution in [2.45, 2.75) is 32.8 Å². The number of esters is 1. The quantitative estimate of drug-likeness (QED) is 0.636. The van der Waals surface area contributed by atoms with Crippen LogP contribution < -0.4 is 0 Å². The van der Waals surface area contributed by atoms with Gasteiger partial charge in [0.2, 0.25) is 0 Å². The SMILES string of the molecule is CC(C)c1ccc2c(c1)C(=O)OC2C. The molecular formula is C12H14O2. The van der Waals surface area contributed by atoms with Crippen molar-refractivity contribution in [3.8, 4) is 0 Å². The van der Waals surface area contributed by atoms with Gasteiger partial charge in [0.1, 0.15) is 6.10 Å². The van der Waals surface area contributed by atoms with Gasteiger partial charge in [0, 0.05) is 5.56 Å². The van der Waals surface area contributed by atoms with Gasteiger partial charge in [-0.2, -0.15) is 0 Å². The second-order valence-electron chi connectivity index (χ2n) is 4.05. The molecule has 1 unspecified atom stereocenters. The third-order valence-corrected chi connectivity index (χ3v) is 2.69. The summed E-state index contributed by atoms with van der Waals surface area (Å²) < 4.78 is 5.13. The Morgan fingerprint density at radius 2 is 2.07 bits per heavy atom. The molecule has 0 saturated carbocycles. The number of fused-ring (bicyclic) bond motifs is 1. The molecule has 0 fully saturated rings. The van der Waals surface area contributed by atoms with Gasteiger partial charge in [-0.15, -0.1) is 0 Å². The van der Waals surface area contributed by atoms with E-state index in [2.05, 4.69) is 19.9 Å². The van der Waals surface area contributed by atoms with Crippen molar-refractivity contribution in [2.75, 3.05) is 0 Å². The van der Waals surface area contributed by atoms with Crippen LogP contribution in [0.25, 0.3) is 0 Å². The average Bonchev–Trinajstić information content (AvgIpc) is 2.42. The molecule has 1 aromatic carbocycles. The van der Waals surface area contributed by atoms with Gasteiger partial charge >= 0.3 is 5.97 Å². The molecule has 0 saturated heterocycles. The van der Waals surface area contributed by atoms with Crippen LogP contribution in [0.3, 0.4) is 0 Å². The highest BCUT2D eigenvalue weighted by molar-refractivity contribution is 5.94.